The van der Waals surface area contributed by atoms with Crippen molar-refractivity contribution >= 4 is 23.4 Å². The SMILES string of the molecule is COC(=O)C12OC1(CC(CO)=C(C)CCc1ccnc(N)c1)C(=O)c1cccc(CC(C)C)c1C2=O. The van der Waals surface area contributed by atoms with Gasteiger partial charge in [0, 0.05) is 23.7 Å². The number of epoxide rings is 1. The van der Waals surface area contributed by atoms with E-state index in [4.69, 9.17) is 15.2 Å². The number of ketones is 2. The molecule has 1 fully saturated rings. The van der Waals surface area contributed by atoms with Crippen molar-refractivity contribution in [2.24, 2.45) is 5.92 Å². The van der Waals surface area contributed by atoms with Crippen molar-refractivity contribution in [3.05, 3.63) is 69.9 Å². The maximum absolute atomic E-state index is 13.9. The zero-order chi connectivity index (χ0) is 26.3. The van der Waals surface area contributed by atoms with Gasteiger partial charge in [-0.15, -0.1) is 0 Å². The Morgan fingerprint density at radius 2 is 1.97 bits per heavy atom. The summed E-state index contributed by atoms with van der Waals surface area (Å²) in [7, 11) is 1.17. The highest BCUT2D eigenvalue weighted by Crippen LogP contribution is 2.59. The summed E-state index contributed by atoms with van der Waals surface area (Å²) in [6, 6.07) is 8.80. The minimum Gasteiger partial charge on any atom is -0.466 e. The number of aromatic nitrogens is 1. The topological polar surface area (TPSA) is 132 Å². The van der Waals surface area contributed by atoms with Crippen LogP contribution in [0.1, 0.15) is 65.5 Å². The van der Waals surface area contributed by atoms with E-state index < -0.39 is 28.7 Å². The molecule has 3 N–H and O–H groups in total. The molecule has 2 heterocycles. The summed E-state index contributed by atoms with van der Waals surface area (Å²) < 4.78 is 10.9. The number of hydrogen-bond donors (Lipinski definition) is 2. The molecule has 4 rings (SSSR count). The maximum Gasteiger partial charge on any atom is 0.350 e. The normalized spacial score (nSPS) is 23.2. The molecule has 1 aromatic carbocycles. The van der Waals surface area contributed by atoms with Crippen LogP contribution in [0.15, 0.2) is 47.7 Å². The average Bonchev–Trinajstić information content (AvgIpc) is 3.55. The van der Waals surface area contributed by atoms with Crippen LogP contribution in [0.3, 0.4) is 0 Å². The van der Waals surface area contributed by atoms with Crippen LogP contribution in [0, 0.1) is 5.92 Å². The highest BCUT2D eigenvalue weighted by Gasteiger charge is 2.85. The Morgan fingerprint density at radius 3 is 2.61 bits per heavy atom. The van der Waals surface area contributed by atoms with Gasteiger partial charge in [-0.1, -0.05) is 37.6 Å². The first-order valence-corrected chi connectivity index (χ1v) is 12.1. The van der Waals surface area contributed by atoms with E-state index in [1.54, 1.807) is 30.5 Å². The lowest BCUT2D eigenvalue weighted by molar-refractivity contribution is -0.145. The van der Waals surface area contributed by atoms with Crippen molar-refractivity contribution in [1.82, 2.24) is 4.98 Å². The van der Waals surface area contributed by atoms with Crippen LogP contribution in [0.4, 0.5) is 5.82 Å². The van der Waals surface area contributed by atoms with Crippen LogP contribution in [-0.4, -0.2) is 52.5 Å². The monoisotopic (exact) mass is 492 g/mol. The second kappa shape index (κ2) is 9.59. The molecule has 190 valence electrons. The van der Waals surface area contributed by atoms with Crippen molar-refractivity contribution in [3.63, 3.8) is 0 Å². The molecule has 8 heteroatoms. The van der Waals surface area contributed by atoms with Crippen LogP contribution in [0.25, 0.3) is 0 Å². The lowest BCUT2D eigenvalue weighted by atomic mass is 9.69. The smallest absolute Gasteiger partial charge is 0.350 e. The number of nitrogens with zero attached hydrogens (tertiary/aromatic N) is 1. The molecule has 1 aromatic heterocycles. The number of nitrogen functional groups attached to an aromatic ring is 1. The van der Waals surface area contributed by atoms with Crippen molar-refractivity contribution < 1.29 is 29.0 Å². The Balaban J connectivity index is 1.72. The number of methoxy groups -OCH3 is 1. The fourth-order valence-corrected chi connectivity index (χ4v) is 5.22. The summed E-state index contributed by atoms with van der Waals surface area (Å²) in [4.78, 5) is 44.7. The largest absolute Gasteiger partial charge is 0.466 e. The molecule has 2 aromatic rings. The molecule has 2 atom stereocenters. The van der Waals surface area contributed by atoms with Crippen LogP contribution >= 0.6 is 0 Å². The number of aryl methyl sites for hydroxylation is 1. The summed E-state index contributed by atoms with van der Waals surface area (Å²) >= 11 is 0. The molecule has 2 unspecified atom stereocenters. The molecule has 1 aliphatic heterocycles. The fourth-order valence-electron chi connectivity index (χ4n) is 5.22. The number of carbonyl (C=O) groups is 3. The Kier molecular flexibility index (Phi) is 6.86. The van der Waals surface area contributed by atoms with Gasteiger partial charge in [0.2, 0.25) is 5.78 Å². The number of ether oxygens (including phenoxy) is 2. The van der Waals surface area contributed by atoms with Crippen molar-refractivity contribution in [2.45, 2.75) is 57.7 Å². The number of allylic oxidation sites excluding steroid dienone is 1. The minimum absolute atomic E-state index is 0.0820. The third-order valence-corrected chi connectivity index (χ3v) is 7.16. The zero-order valence-electron chi connectivity index (χ0n) is 21.1. The van der Waals surface area contributed by atoms with Gasteiger partial charge in [-0.3, -0.25) is 9.59 Å². The standard InChI is InChI=1S/C28H32N2O6/c1-16(2)12-19-6-5-7-21-23(19)25(33)28(26(34)35-4)27(36-28,24(21)32)14-20(15-31)17(3)8-9-18-10-11-30-22(29)13-18/h5-7,10-11,13,16,31H,8-9,12,14-15H2,1-4H3,(H2,29,30). The summed E-state index contributed by atoms with van der Waals surface area (Å²) in [6.45, 7) is 5.56. The molecule has 36 heavy (non-hydrogen) atoms. The molecular formula is C28H32N2O6. The van der Waals surface area contributed by atoms with E-state index in [1.165, 1.54) is 7.11 Å². The number of pyridine rings is 1. The Hall–Kier alpha value is -3.36. The summed E-state index contributed by atoms with van der Waals surface area (Å²) in [5.41, 5.74) is 5.55. The molecule has 0 amide bonds. The van der Waals surface area contributed by atoms with Crippen molar-refractivity contribution in [1.29, 1.82) is 0 Å². The number of rotatable bonds is 9. The maximum atomic E-state index is 13.9. The number of carbonyl (C=O) groups excluding carboxylic acids is 3. The molecule has 0 bridgehead atoms. The summed E-state index contributed by atoms with van der Waals surface area (Å²) in [5.74, 6) is -1.22. The van der Waals surface area contributed by atoms with Gasteiger partial charge in [-0.25, -0.2) is 9.78 Å². The number of aliphatic hydroxyl groups excluding tert-OH is 1. The number of Topliss-reactive ketones (excluding diaryl/α,β-unsaturated/α-hetero) is 2. The van der Waals surface area contributed by atoms with Gasteiger partial charge in [0.05, 0.1) is 13.7 Å². The first-order chi connectivity index (χ1) is 17.1. The lowest BCUT2D eigenvalue weighted by Crippen LogP contribution is -2.51. The first-order valence-electron chi connectivity index (χ1n) is 12.1. The van der Waals surface area contributed by atoms with Gasteiger partial charge in [0.15, 0.2) is 11.4 Å². The number of benzene rings is 1. The Bertz CT molecular complexity index is 1270. The first kappa shape index (κ1) is 25.7. The second-order valence-electron chi connectivity index (χ2n) is 10.0. The Morgan fingerprint density at radius 1 is 1.22 bits per heavy atom. The highest BCUT2D eigenvalue weighted by atomic mass is 16.7. The van der Waals surface area contributed by atoms with E-state index in [0.29, 0.717) is 36.2 Å². The zero-order valence-corrected chi connectivity index (χ0v) is 21.1. The van der Waals surface area contributed by atoms with Crippen LogP contribution in [0.2, 0.25) is 0 Å². The average molecular weight is 493 g/mol. The summed E-state index contributed by atoms with van der Waals surface area (Å²) in [5, 5.41) is 10.2. The van der Waals surface area contributed by atoms with E-state index in [-0.39, 0.29) is 30.1 Å². The third-order valence-electron chi connectivity index (χ3n) is 7.16. The number of anilines is 1. The van der Waals surface area contributed by atoms with E-state index >= 15 is 0 Å². The third kappa shape index (κ3) is 4.04. The van der Waals surface area contributed by atoms with Gasteiger partial charge in [0.25, 0.3) is 5.60 Å². The van der Waals surface area contributed by atoms with Crippen LogP contribution in [0.5, 0.6) is 0 Å². The molecule has 0 spiro atoms. The van der Waals surface area contributed by atoms with E-state index in [1.807, 2.05) is 26.8 Å². The number of hydrogen-bond acceptors (Lipinski definition) is 8. The predicted molar refractivity (Wildman–Crippen MR) is 134 cm³/mol. The van der Waals surface area contributed by atoms with Gasteiger partial charge >= 0.3 is 5.97 Å². The van der Waals surface area contributed by atoms with Crippen LogP contribution < -0.4 is 5.73 Å². The van der Waals surface area contributed by atoms with E-state index in [2.05, 4.69) is 4.98 Å². The molecule has 0 saturated carbocycles. The summed E-state index contributed by atoms with van der Waals surface area (Å²) in [6.07, 6.45) is 3.36. The quantitative estimate of drug-likeness (QED) is 0.236. The highest BCUT2D eigenvalue weighted by molar-refractivity contribution is 6.33. The van der Waals surface area contributed by atoms with Gasteiger partial charge in [-0.2, -0.15) is 0 Å². The van der Waals surface area contributed by atoms with E-state index in [0.717, 1.165) is 11.1 Å². The molecule has 2 aliphatic rings. The molecule has 1 saturated heterocycles. The fraction of sp³-hybridized carbons (Fsp3) is 0.429. The number of aliphatic hydroxyl groups is 1. The number of esters is 1. The predicted octanol–water partition coefficient (Wildman–Crippen LogP) is 3.25. The van der Waals surface area contributed by atoms with Crippen molar-refractivity contribution in [2.75, 3.05) is 19.5 Å². The number of nitrogens with two attached hydrogens (primary N) is 1. The van der Waals surface area contributed by atoms with Crippen LogP contribution in [-0.2, 0) is 27.1 Å². The molecule has 0 radical (unpaired) electrons. The molecule has 8 nitrogen and oxygen atoms in total. The number of fused-ring (bicyclic) bond motifs is 2. The lowest BCUT2D eigenvalue weighted by Gasteiger charge is -2.26. The molecule has 1 aliphatic carbocycles. The second-order valence-corrected chi connectivity index (χ2v) is 10.0. The Labute approximate surface area is 210 Å². The van der Waals surface area contributed by atoms with Gasteiger partial charge in [-0.05, 0) is 60.9 Å². The van der Waals surface area contributed by atoms with E-state index in [9.17, 15) is 19.5 Å². The van der Waals surface area contributed by atoms with Gasteiger partial charge < -0.3 is 20.3 Å². The molecular weight excluding hydrogens is 460 g/mol. The van der Waals surface area contributed by atoms with Gasteiger partial charge in [0.1, 0.15) is 5.82 Å². The van der Waals surface area contributed by atoms with Crippen molar-refractivity contribution in [3.8, 4) is 0 Å². The minimum atomic E-state index is -2.04.